The van der Waals surface area contributed by atoms with E-state index < -0.39 is 97.2 Å². The van der Waals surface area contributed by atoms with Crippen molar-refractivity contribution in [2.24, 2.45) is 17.4 Å². The van der Waals surface area contributed by atoms with Gasteiger partial charge < -0.3 is 53.2 Å². The van der Waals surface area contributed by atoms with Crippen molar-refractivity contribution >= 4 is 35.6 Å². The first-order chi connectivity index (χ1) is 18.7. The van der Waals surface area contributed by atoms with Crippen LogP contribution in [0.4, 0.5) is 0 Å². The summed E-state index contributed by atoms with van der Waals surface area (Å²) in [5.41, 5.74) is 11.4. The molecular weight excluding hydrogens is 532 g/mol. The molecule has 0 aliphatic carbocycles. The number of carbonyl (C=O) groups excluding carboxylic acids is 4. The van der Waals surface area contributed by atoms with Crippen molar-refractivity contribution < 1.29 is 49.2 Å². The first-order valence-electron chi connectivity index (χ1n) is 13.1. The second-order valence-corrected chi connectivity index (χ2v) is 9.57. The second-order valence-electron chi connectivity index (χ2n) is 9.57. The fourth-order valence-corrected chi connectivity index (χ4v) is 3.51. The number of aliphatic hydroxyl groups excluding tert-OH is 2. The maximum atomic E-state index is 13.2. The van der Waals surface area contributed by atoms with Gasteiger partial charge in [-0.25, -0.2) is 4.79 Å². The Morgan fingerprint density at radius 3 is 1.80 bits per heavy atom. The van der Waals surface area contributed by atoms with E-state index in [2.05, 4.69) is 16.0 Å². The van der Waals surface area contributed by atoms with E-state index in [1.807, 2.05) is 5.32 Å². The van der Waals surface area contributed by atoms with Crippen molar-refractivity contribution in [3.8, 4) is 0 Å². The molecule has 0 bridgehead atoms. The topological polar surface area (TPSA) is 284 Å². The maximum Gasteiger partial charge on any atom is 0.328 e. The number of unbranched alkanes of at least 4 members (excludes halogenated alkanes) is 1. The summed E-state index contributed by atoms with van der Waals surface area (Å²) in [7, 11) is 0. The molecule has 0 radical (unpaired) electrons. The summed E-state index contributed by atoms with van der Waals surface area (Å²) in [6.45, 7) is 4.03. The smallest absolute Gasteiger partial charge is 0.328 e. The van der Waals surface area contributed by atoms with Crippen LogP contribution in [0.1, 0.15) is 59.3 Å². The van der Waals surface area contributed by atoms with Gasteiger partial charge in [-0.15, -0.1) is 0 Å². The van der Waals surface area contributed by atoms with Crippen LogP contribution < -0.4 is 32.7 Å². The van der Waals surface area contributed by atoms with Crippen molar-refractivity contribution in [2.45, 2.75) is 95.6 Å². The summed E-state index contributed by atoms with van der Waals surface area (Å²) >= 11 is 0. The number of hydrogen-bond donors (Lipinski definition) is 10. The first kappa shape index (κ1) is 36.7. The van der Waals surface area contributed by atoms with Gasteiger partial charge in [0.15, 0.2) is 6.04 Å². The molecular formula is C24H44N6O10. The highest BCUT2D eigenvalue weighted by Gasteiger charge is 2.34. The summed E-state index contributed by atoms with van der Waals surface area (Å²) in [5, 5.41) is 46.5. The molecule has 0 aromatic carbocycles. The van der Waals surface area contributed by atoms with Crippen LogP contribution in [0.2, 0.25) is 0 Å². The van der Waals surface area contributed by atoms with Gasteiger partial charge in [-0.05, 0) is 38.6 Å². The lowest BCUT2D eigenvalue weighted by Gasteiger charge is -2.28. The minimum absolute atomic E-state index is 0.337. The van der Waals surface area contributed by atoms with Gasteiger partial charge in [-0.2, -0.15) is 0 Å². The Kier molecular flexibility index (Phi) is 17.3. The van der Waals surface area contributed by atoms with Crippen molar-refractivity contribution in [3.05, 3.63) is 0 Å². The Bertz CT molecular complexity index is 871. The first-order valence-corrected chi connectivity index (χ1v) is 13.1. The van der Waals surface area contributed by atoms with E-state index in [9.17, 15) is 39.0 Å². The van der Waals surface area contributed by atoms with E-state index in [4.69, 9.17) is 21.7 Å². The third kappa shape index (κ3) is 13.1. The molecule has 0 aromatic rings. The molecule has 40 heavy (non-hydrogen) atoms. The predicted octanol–water partition coefficient (Wildman–Crippen LogP) is -3.25. The molecule has 0 aromatic heterocycles. The number of aliphatic carboxylic acids is 2. The number of aliphatic hydroxyl groups is 2. The van der Waals surface area contributed by atoms with Crippen molar-refractivity contribution in [1.82, 2.24) is 21.3 Å². The SMILES string of the molecule is CCC(C)C(NC(=O)C(N)CCCCN)C(=O)NC(CCC(=O)O)C(=O)NC(CO)C(=O)NC(C(=O)O)C(C)O. The van der Waals surface area contributed by atoms with Crippen LogP contribution in [-0.2, 0) is 28.8 Å². The Hall–Kier alpha value is -3.34. The summed E-state index contributed by atoms with van der Waals surface area (Å²) in [4.78, 5) is 73.6. The number of nitrogens with two attached hydrogens (primary N) is 2. The molecule has 16 heteroatoms. The molecule has 230 valence electrons. The van der Waals surface area contributed by atoms with E-state index in [-0.39, 0.29) is 0 Å². The number of amides is 4. The normalized spacial score (nSPS) is 16.3. The summed E-state index contributed by atoms with van der Waals surface area (Å²) in [5.74, 6) is -6.82. The lowest BCUT2D eigenvalue weighted by atomic mass is 9.96. The number of carboxylic acids is 2. The van der Waals surface area contributed by atoms with Crippen molar-refractivity contribution in [2.75, 3.05) is 13.2 Å². The molecule has 16 nitrogen and oxygen atoms in total. The predicted molar refractivity (Wildman–Crippen MR) is 141 cm³/mol. The molecule has 0 aliphatic heterocycles. The van der Waals surface area contributed by atoms with E-state index in [1.54, 1.807) is 13.8 Å². The zero-order chi connectivity index (χ0) is 31.0. The highest BCUT2D eigenvalue weighted by molar-refractivity contribution is 5.95. The zero-order valence-corrected chi connectivity index (χ0v) is 23.1. The van der Waals surface area contributed by atoms with Gasteiger partial charge in [0.25, 0.3) is 0 Å². The molecule has 0 saturated heterocycles. The van der Waals surface area contributed by atoms with Gasteiger partial charge in [0.1, 0.15) is 18.1 Å². The lowest BCUT2D eigenvalue weighted by Crippen LogP contribution is -2.60. The van der Waals surface area contributed by atoms with E-state index in [0.717, 1.165) is 6.92 Å². The highest BCUT2D eigenvalue weighted by atomic mass is 16.4. The van der Waals surface area contributed by atoms with Gasteiger partial charge in [-0.1, -0.05) is 26.7 Å². The lowest BCUT2D eigenvalue weighted by molar-refractivity contribution is -0.145. The monoisotopic (exact) mass is 576 g/mol. The molecule has 0 saturated carbocycles. The van der Waals surface area contributed by atoms with Crippen LogP contribution in [0, 0.1) is 5.92 Å². The molecule has 0 rings (SSSR count). The molecule has 12 N–H and O–H groups in total. The van der Waals surface area contributed by atoms with Crippen LogP contribution in [-0.4, -0.2) is 105 Å². The number of carbonyl (C=O) groups is 6. The highest BCUT2D eigenvalue weighted by Crippen LogP contribution is 2.11. The van der Waals surface area contributed by atoms with Gasteiger partial charge in [0, 0.05) is 6.42 Å². The van der Waals surface area contributed by atoms with E-state index in [0.29, 0.717) is 32.2 Å². The van der Waals surface area contributed by atoms with E-state index in [1.165, 1.54) is 0 Å². The molecule has 0 aliphatic rings. The summed E-state index contributed by atoms with van der Waals surface area (Å²) < 4.78 is 0. The van der Waals surface area contributed by atoms with Crippen LogP contribution in [0.25, 0.3) is 0 Å². The number of hydrogen-bond acceptors (Lipinski definition) is 10. The molecule has 0 spiro atoms. The van der Waals surface area contributed by atoms with E-state index >= 15 is 0 Å². The molecule has 0 heterocycles. The van der Waals surface area contributed by atoms with Crippen LogP contribution in [0.3, 0.4) is 0 Å². The van der Waals surface area contributed by atoms with Crippen LogP contribution >= 0.6 is 0 Å². The van der Waals surface area contributed by atoms with Crippen molar-refractivity contribution in [3.63, 3.8) is 0 Å². The Labute approximate surface area is 232 Å². The molecule has 4 amide bonds. The van der Waals surface area contributed by atoms with Crippen LogP contribution in [0.15, 0.2) is 0 Å². The summed E-state index contributed by atoms with van der Waals surface area (Å²) in [6.07, 6.45) is -0.397. The van der Waals surface area contributed by atoms with Gasteiger partial charge in [0.2, 0.25) is 23.6 Å². The maximum absolute atomic E-state index is 13.2. The molecule has 7 unspecified atom stereocenters. The Balaban J connectivity index is 5.71. The average Bonchev–Trinajstić information content (AvgIpc) is 2.89. The van der Waals surface area contributed by atoms with Crippen molar-refractivity contribution in [1.29, 1.82) is 0 Å². The number of carboxylic acid groups (broad SMARTS) is 2. The fourth-order valence-electron chi connectivity index (χ4n) is 3.51. The van der Waals surface area contributed by atoms with Gasteiger partial charge >= 0.3 is 11.9 Å². The number of nitrogens with one attached hydrogen (secondary N) is 4. The minimum Gasteiger partial charge on any atom is -0.481 e. The average molecular weight is 577 g/mol. The molecule has 7 atom stereocenters. The third-order valence-corrected chi connectivity index (χ3v) is 6.24. The van der Waals surface area contributed by atoms with Crippen LogP contribution in [0.5, 0.6) is 0 Å². The third-order valence-electron chi connectivity index (χ3n) is 6.24. The minimum atomic E-state index is -1.73. The standard InChI is InChI=1S/C24H44N6O10/c1-4-12(2)18(29-20(35)14(26)7-5-6-10-25)23(38)27-15(8-9-17(33)34)21(36)28-16(11-31)22(37)30-19(13(3)32)24(39)40/h12-16,18-19,31-32H,4-11,25-26H2,1-3H3,(H,27,38)(H,28,36)(H,29,35)(H,30,37)(H,33,34)(H,39,40). The Morgan fingerprint density at radius 2 is 1.32 bits per heavy atom. The second kappa shape index (κ2) is 18.9. The van der Waals surface area contributed by atoms with Gasteiger partial charge in [-0.3, -0.25) is 24.0 Å². The molecule has 0 fully saturated rings. The quantitative estimate of drug-likeness (QED) is 0.0640. The Morgan fingerprint density at radius 1 is 0.775 bits per heavy atom. The zero-order valence-electron chi connectivity index (χ0n) is 23.1. The largest absolute Gasteiger partial charge is 0.481 e. The fraction of sp³-hybridized carbons (Fsp3) is 0.750. The number of rotatable bonds is 20. The summed E-state index contributed by atoms with van der Waals surface area (Å²) in [6, 6.07) is -6.95. The van der Waals surface area contributed by atoms with Gasteiger partial charge in [0.05, 0.1) is 18.8 Å².